The van der Waals surface area contributed by atoms with Gasteiger partial charge in [0.05, 0.1) is 7.57 Å². The van der Waals surface area contributed by atoms with Crippen molar-refractivity contribution in [1.29, 1.82) is 0 Å². The number of halogens is 4. The zero-order chi connectivity index (χ0) is 14.0. The van der Waals surface area contributed by atoms with Crippen LogP contribution in [0, 0.1) is 0 Å². The van der Waals surface area contributed by atoms with Gasteiger partial charge in [0.2, 0.25) is 0 Å². The average molecular weight is 467 g/mol. The van der Waals surface area contributed by atoms with E-state index < -0.39 is 0 Å². The summed E-state index contributed by atoms with van der Waals surface area (Å²) >= 11 is 23.3. The molecule has 2 aromatic heterocycles. The van der Waals surface area contributed by atoms with Gasteiger partial charge in [-0.25, -0.2) is 0 Å². The molecule has 4 rings (SSSR count). The van der Waals surface area contributed by atoms with Crippen LogP contribution in [0.3, 0.4) is 0 Å². The third kappa shape index (κ3) is 1.97. The van der Waals surface area contributed by atoms with Gasteiger partial charge in [0.1, 0.15) is 0 Å². The molecule has 0 aliphatic carbocycles. The molecule has 6 heteroatoms. The average Bonchev–Trinajstić information content (AvgIpc) is 2.95. The van der Waals surface area contributed by atoms with Gasteiger partial charge in [0.25, 0.3) is 0 Å². The maximum Gasteiger partial charge on any atom is 0.0711 e. The lowest BCUT2D eigenvalue weighted by molar-refractivity contribution is 1.91. The van der Waals surface area contributed by atoms with Gasteiger partial charge in [-0.3, -0.25) is 0 Å². The minimum atomic E-state index is 0.780. The van der Waals surface area contributed by atoms with Crippen molar-refractivity contribution in [3.05, 3.63) is 41.9 Å². The number of hydrogen-bond donors (Lipinski definition) is 0. The molecule has 0 saturated heterocycles. The summed E-state index contributed by atoms with van der Waals surface area (Å²) in [5.41, 5.74) is 0. The molecule has 0 amide bonds. The van der Waals surface area contributed by atoms with E-state index >= 15 is 0 Å². The van der Waals surface area contributed by atoms with Crippen molar-refractivity contribution in [2.24, 2.45) is 0 Å². The summed E-state index contributed by atoms with van der Waals surface area (Å²) in [7, 11) is 0. The molecule has 0 bridgehead atoms. The molecule has 0 nitrogen and oxygen atoms in total. The molecular formula is C14H4Br2Cl2S2. The third-order valence-corrected chi connectivity index (χ3v) is 7.21. The maximum atomic E-state index is 6.44. The third-order valence-electron chi connectivity index (χ3n) is 3.24. The lowest BCUT2D eigenvalue weighted by Crippen LogP contribution is -1.77. The number of hydrogen-bond acceptors (Lipinski definition) is 2. The first-order chi connectivity index (χ1) is 9.54. The Morgan fingerprint density at radius 1 is 0.650 bits per heavy atom. The highest BCUT2D eigenvalue weighted by atomic mass is 79.9. The monoisotopic (exact) mass is 464 g/mol. The summed E-state index contributed by atoms with van der Waals surface area (Å²) < 4.78 is 4.50. The molecule has 0 fully saturated rings. The number of benzene rings is 2. The molecule has 0 saturated carbocycles. The van der Waals surface area contributed by atoms with Crippen molar-refractivity contribution in [2.45, 2.75) is 0 Å². The zero-order valence-corrected chi connectivity index (χ0v) is 16.0. The van der Waals surface area contributed by atoms with Crippen molar-refractivity contribution < 1.29 is 0 Å². The smallest absolute Gasteiger partial charge is 0.0711 e. The Kier molecular flexibility index (Phi) is 3.33. The van der Waals surface area contributed by atoms with E-state index in [1.165, 1.54) is 9.40 Å². The predicted octanol–water partition coefficient (Wildman–Crippen LogP) is 8.10. The second kappa shape index (κ2) is 4.83. The molecule has 100 valence electrons. The quantitative estimate of drug-likeness (QED) is 0.245. The van der Waals surface area contributed by atoms with Crippen LogP contribution in [0.15, 0.2) is 31.8 Å². The maximum absolute atomic E-state index is 6.44. The summed E-state index contributed by atoms with van der Waals surface area (Å²) in [6.07, 6.45) is 0. The van der Waals surface area contributed by atoms with Gasteiger partial charge in [-0.1, -0.05) is 23.2 Å². The van der Waals surface area contributed by atoms with E-state index in [4.69, 9.17) is 23.2 Å². The standard InChI is InChI=1S/C14H4Br2Cl2S2/c15-11-3-7-9(17)1-5-6(14(7)20-11)2-10(18)8-4-12(16)19-13(5)8/h1-4H. The van der Waals surface area contributed by atoms with Crippen molar-refractivity contribution in [1.82, 2.24) is 0 Å². The molecule has 0 spiro atoms. The molecule has 0 aliphatic heterocycles. The Hall–Kier alpha value is 0.160. The Labute approximate surface area is 149 Å². The molecule has 0 atom stereocenters. The van der Waals surface area contributed by atoms with Gasteiger partial charge < -0.3 is 0 Å². The molecule has 0 unspecified atom stereocenters. The Morgan fingerprint density at radius 2 is 1.05 bits per heavy atom. The van der Waals surface area contributed by atoms with Gasteiger partial charge in [0.15, 0.2) is 0 Å². The summed E-state index contributed by atoms with van der Waals surface area (Å²) in [5, 5.41) is 6.02. The van der Waals surface area contributed by atoms with E-state index in [2.05, 4.69) is 44.0 Å². The van der Waals surface area contributed by atoms with Crippen LogP contribution in [0.4, 0.5) is 0 Å². The second-order valence-corrected chi connectivity index (χ2v) is 10.1. The van der Waals surface area contributed by atoms with Crippen LogP contribution in [0.5, 0.6) is 0 Å². The molecule has 4 aromatic rings. The highest BCUT2D eigenvalue weighted by Crippen LogP contribution is 2.45. The SMILES string of the molecule is Clc1cc2c(cc(Cl)c3cc(Br)sc32)c2sc(Br)cc12. The summed E-state index contributed by atoms with van der Waals surface area (Å²) in [4.78, 5) is 0. The van der Waals surface area contributed by atoms with Crippen LogP contribution >= 0.6 is 77.7 Å². The lowest BCUT2D eigenvalue weighted by Gasteiger charge is -2.05. The first kappa shape index (κ1) is 13.8. The van der Waals surface area contributed by atoms with E-state index in [0.29, 0.717) is 0 Å². The van der Waals surface area contributed by atoms with E-state index in [1.807, 2.05) is 12.1 Å². The van der Waals surface area contributed by atoms with Crippen molar-refractivity contribution in [3.63, 3.8) is 0 Å². The molecule has 2 aromatic carbocycles. The van der Waals surface area contributed by atoms with Crippen LogP contribution in [0.2, 0.25) is 10.0 Å². The zero-order valence-electron chi connectivity index (χ0n) is 9.64. The number of thiophene rings is 2. The largest absolute Gasteiger partial charge is 0.128 e. The summed E-state index contributed by atoms with van der Waals surface area (Å²) in [6.45, 7) is 0. The number of fused-ring (bicyclic) bond motifs is 5. The molecule has 20 heavy (non-hydrogen) atoms. The van der Waals surface area contributed by atoms with Gasteiger partial charge in [0, 0.05) is 41.0 Å². The summed E-state index contributed by atoms with van der Waals surface area (Å²) in [6, 6.07) is 8.20. The van der Waals surface area contributed by atoms with Crippen LogP contribution in [0.1, 0.15) is 0 Å². The fourth-order valence-corrected chi connectivity index (χ4v) is 6.33. The van der Waals surface area contributed by atoms with Crippen molar-refractivity contribution in [3.8, 4) is 0 Å². The first-order valence-electron chi connectivity index (χ1n) is 5.63. The van der Waals surface area contributed by atoms with E-state index in [-0.39, 0.29) is 0 Å². The van der Waals surface area contributed by atoms with Crippen LogP contribution in [0.25, 0.3) is 30.9 Å². The van der Waals surface area contributed by atoms with Gasteiger partial charge in [-0.15, -0.1) is 22.7 Å². The van der Waals surface area contributed by atoms with E-state index in [0.717, 1.165) is 39.2 Å². The Bertz CT molecular complexity index is 919. The first-order valence-corrected chi connectivity index (χ1v) is 9.61. The predicted molar refractivity (Wildman–Crippen MR) is 100 cm³/mol. The fraction of sp³-hybridized carbons (Fsp3) is 0. The topological polar surface area (TPSA) is 0 Å². The normalized spacial score (nSPS) is 12.0. The van der Waals surface area contributed by atoms with Crippen molar-refractivity contribution in [2.75, 3.05) is 0 Å². The Morgan fingerprint density at radius 3 is 1.45 bits per heavy atom. The highest BCUT2D eigenvalue weighted by molar-refractivity contribution is 9.11. The van der Waals surface area contributed by atoms with E-state index in [1.54, 1.807) is 22.7 Å². The molecule has 2 heterocycles. The highest BCUT2D eigenvalue weighted by Gasteiger charge is 2.14. The molecule has 0 radical (unpaired) electrons. The van der Waals surface area contributed by atoms with Crippen LogP contribution in [-0.2, 0) is 0 Å². The fourth-order valence-electron chi connectivity index (χ4n) is 2.42. The van der Waals surface area contributed by atoms with Gasteiger partial charge in [-0.2, -0.15) is 0 Å². The molecule has 0 aliphatic rings. The second-order valence-electron chi connectivity index (χ2n) is 4.40. The summed E-state index contributed by atoms with van der Waals surface area (Å²) in [5.74, 6) is 0. The minimum Gasteiger partial charge on any atom is -0.128 e. The number of rotatable bonds is 0. The molecule has 0 N–H and O–H groups in total. The van der Waals surface area contributed by atoms with Gasteiger partial charge >= 0.3 is 0 Å². The van der Waals surface area contributed by atoms with Crippen molar-refractivity contribution >= 4 is 109 Å². The van der Waals surface area contributed by atoms with Crippen LogP contribution in [-0.4, -0.2) is 0 Å². The Balaban J connectivity index is 2.35. The lowest BCUT2D eigenvalue weighted by atomic mass is 10.1. The van der Waals surface area contributed by atoms with Gasteiger partial charge in [-0.05, 0) is 56.1 Å². The minimum absolute atomic E-state index is 0.780. The van der Waals surface area contributed by atoms with E-state index in [9.17, 15) is 0 Å². The van der Waals surface area contributed by atoms with Crippen LogP contribution < -0.4 is 0 Å². The molecular weight excluding hydrogens is 463 g/mol.